The number of aryl methyl sites for hydroxylation is 3. The monoisotopic (exact) mass is 272 g/mol. The largest absolute Gasteiger partial charge is 0.319 e. The fraction of sp³-hybridized carbons (Fsp3) is 0.438. The van der Waals surface area contributed by atoms with E-state index in [2.05, 4.69) is 38.3 Å². The van der Waals surface area contributed by atoms with E-state index in [0.717, 1.165) is 23.5 Å². The quantitative estimate of drug-likeness (QED) is 0.895. The summed E-state index contributed by atoms with van der Waals surface area (Å²) in [4.78, 5) is 4.82. The van der Waals surface area contributed by atoms with Gasteiger partial charge in [-0.15, -0.1) is 11.3 Å². The highest BCUT2D eigenvalue weighted by Crippen LogP contribution is 2.41. The molecule has 3 rings (SSSR count). The van der Waals surface area contributed by atoms with E-state index >= 15 is 0 Å². The van der Waals surface area contributed by atoms with Crippen molar-refractivity contribution in [1.82, 2.24) is 4.98 Å². The third kappa shape index (κ3) is 2.11. The maximum absolute atomic E-state index is 6.36. The van der Waals surface area contributed by atoms with E-state index in [1.54, 1.807) is 11.3 Å². The van der Waals surface area contributed by atoms with E-state index in [-0.39, 0.29) is 5.54 Å². The molecule has 3 heteroatoms. The molecule has 1 aromatic heterocycles. The van der Waals surface area contributed by atoms with Crippen LogP contribution in [-0.2, 0) is 5.54 Å². The summed E-state index contributed by atoms with van der Waals surface area (Å²) in [7, 11) is 0. The third-order valence-electron chi connectivity index (χ3n) is 4.11. The Morgan fingerprint density at radius 2 is 1.79 bits per heavy atom. The molecule has 0 atom stereocenters. The predicted octanol–water partition coefficient (Wildman–Crippen LogP) is 4.07. The van der Waals surface area contributed by atoms with E-state index in [4.69, 9.17) is 10.7 Å². The fourth-order valence-corrected chi connectivity index (χ4v) is 3.96. The van der Waals surface area contributed by atoms with Crippen molar-refractivity contribution < 1.29 is 0 Å². The summed E-state index contributed by atoms with van der Waals surface area (Å²) in [5.41, 5.74) is 12.5. The predicted molar refractivity (Wildman–Crippen MR) is 81.5 cm³/mol. The molecule has 2 N–H and O–H groups in total. The maximum Gasteiger partial charge on any atom is 0.113 e. The van der Waals surface area contributed by atoms with Gasteiger partial charge in [0.05, 0.1) is 11.2 Å². The number of aromatic nitrogens is 1. The molecule has 0 unspecified atom stereocenters. The molecule has 1 aliphatic carbocycles. The lowest BCUT2D eigenvalue weighted by Gasteiger charge is -2.35. The molecule has 1 heterocycles. The Kier molecular flexibility index (Phi) is 2.99. The topological polar surface area (TPSA) is 38.9 Å². The zero-order valence-electron chi connectivity index (χ0n) is 11.8. The lowest BCUT2D eigenvalue weighted by atomic mass is 9.78. The number of rotatable bonds is 2. The summed E-state index contributed by atoms with van der Waals surface area (Å²) in [6, 6.07) is 4.45. The van der Waals surface area contributed by atoms with Gasteiger partial charge in [-0.3, -0.25) is 0 Å². The molecule has 0 amide bonds. The van der Waals surface area contributed by atoms with Crippen LogP contribution in [0.15, 0.2) is 17.5 Å². The summed E-state index contributed by atoms with van der Waals surface area (Å²) in [6.45, 7) is 6.46. The summed E-state index contributed by atoms with van der Waals surface area (Å²) in [5, 5.41) is 3.26. The number of nitrogens with zero attached hydrogens (tertiary/aromatic N) is 1. The highest BCUT2D eigenvalue weighted by Gasteiger charge is 2.37. The Morgan fingerprint density at radius 1 is 1.16 bits per heavy atom. The first-order chi connectivity index (χ1) is 8.99. The van der Waals surface area contributed by atoms with Crippen LogP contribution >= 0.6 is 11.3 Å². The Bertz CT molecular complexity index is 600. The lowest BCUT2D eigenvalue weighted by molar-refractivity contribution is 0.253. The summed E-state index contributed by atoms with van der Waals surface area (Å²) in [6.07, 6.45) is 3.38. The number of thiazole rings is 1. The normalized spacial score (nSPS) is 17.3. The van der Waals surface area contributed by atoms with Crippen molar-refractivity contribution in [3.05, 3.63) is 39.2 Å². The number of benzene rings is 1. The van der Waals surface area contributed by atoms with Gasteiger partial charge in [-0.1, -0.05) is 17.7 Å². The second-order valence-corrected chi connectivity index (χ2v) is 6.68. The molecule has 0 spiro atoms. The van der Waals surface area contributed by atoms with E-state index in [1.165, 1.54) is 28.7 Å². The number of hydrogen-bond acceptors (Lipinski definition) is 3. The summed E-state index contributed by atoms with van der Waals surface area (Å²) < 4.78 is 0. The summed E-state index contributed by atoms with van der Waals surface area (Å²) in [5.74, 6) is 0. The molecule has 2 aromatic rings. The molecular formula is C16H20N2S. The van der Waals surface area contributed by atoms with Crippen LogP contribution < -0.4 is 5.73 Å². The van der Waals surface area contributed by atoms with Gasteiger partial charge in [0.15, 0.2) is 0 Å². The zero-order chi connectivity index (χ0) is 13.6. The summed E-state index contributed by atoms with van der Waals surface area (Å²) >= 11 is 1.71. The van der Waals surface area contributed by atoms with Gasteiger partial charge < -0.3 is 5.73 Å². The zero-order valence-corrected chi connectivity index (χ0v) is 12.6. The number of nitrogens with two attached hydrogens (primary N) is 1. The van der Waals surface area contributed by atoms with Crippen LogP contribution in [0.5, 0.6) is 0 Å². The molecule has 2 nitrogen and oxygen atoms in total. The molecule has 0 aliphatic heterocycles. The van der Waals surface area contributed by atoms with Gasteiger partial charge in [0.2, 0.25) is 0 Å². The first kappa shape index (κ1) is 12.8. The van der Waals surface area contributed by atoms with Crippen molar-refractivity contribution in [2.75, 3.05) is 0 Å². The molecular weight excluding hydrogens is 252 g/mol. The molecule has 0 radical (unpaired) electrons. The minimum absolute atomic E-state index is 0.143. The smallest absolute Gasteiger partial charge is 0.113 e. The molecule has 100 valence electrons. The highest BCUT2D eigenvalue weighted by molar-refractivity contribution is 7.10. The van der Waals surface area contributed by atoms with Crippen molar-refractivity contribution >= 4 is 11.3 Å². The van der Waals surface area contributed by atoms with Gasteiger partial charge in [-0.25, -0.2) is 4.98 Å². The first-order valence-electron chi connectivity index (χ1n) is 6.83. The van der Waals surface area contributed by atoms with Crippen LogP contribution in [0.1, 0.15) is 41.0 Å². The van der Waals surface area contributed by atoms with Crippen LogP contribution in [-0.4, -0.2) is 4.98 Å². The van der Waals surface area contributed by atoms with E-state index in [1.807, 2.05) is 0 Å². The van der Waals surface area contributed by atoms with Crippen LogP contribution in [0, 0.1) is 20.8 Å². The van der Waals surface area contributed by atoms with Gasteiger partial charge in [0.25, 0.3) is 0 Å². The van der Waals surface area contributed by atoms with Crippen LogP contribution in [0.3, 0.4) is 0 Å². The van der Waals surface area contributed by atoms with Gasteiger partial charge in [-0.2, -0.15) is 0 Å². The Labute approximate surface area is 118 Å². The molecule has 0 saturated heterocycles. The van der Waals surface area contributed by atoms with Crippen molar-refractivity contribution in [2.45, 2.75) is 45.6 Å². The van der Waals surface area contributed by atoms with Crippen LogP contribution in [0.4, 0.5) is 0 Å². The molecule has 0 bridgehead atoms. The van der Waals surface area contributed by atoms with Gasteiger partial charge in [-0.05, 0) is 51.2 Å². The molecule has 1 aliphatic rings. The second kappa shape index (κ2) is 4.43. The standard InChI is InChI=1S/C16H20N2S/c1-10-7-11(2)14(12(3)8-10)13-9-19-15(18-13)16(17)5-4-6-16/h7-9H,4-6,17H2,1-3H3. The van der Waals surface area contributed by atoms with Crippen LogP contribution in [0.25, 0.3) is 11.3 Å². The highest BCUT2D eigenvalue weighted by atomic mass is 32.1. The second-order valence-electron chi connectivity index (χ2n) is 5.82. The van der Waals surface area contributed by atoms with Crippen molar-refractivity contribution in [2.24, 2.45) is 5.73 Å². The first-order valence-corrected chi connectivity index (χ1v) is 7.71. The fourth-order valence-electron chi connectivity index (χ4n) is 2.97. The number of hydrogen-bond donors (Lipinski definition) is 1. The van der Waals surface area contributed by atoms with E-state index in [9.17, 15) is 0 Å². The van der Waals surface area contributed by atoms with Crippen molar-refractivity contribution in [3.8, 4) is 11.3 Å². The van der Waals surface area contributed by atoms with Gasteiger partial charge in [0.1, 0.15) is 5.01 Å². The van der Waals surface area contributed by atoms with Crippen molar-refractivity contribution in [1.29, 1.82) is 0 Å². The van der Waals surface area contributed by atoms with Gasteiger partial charge in [0, 0.05) is 10.9 Å². The third-order valence-corrected chi connectivity index (χ3v) is 5.17. The average molecular weight is 272 g/mol. The Hall–Kier alpha value is -1.19. The molecule has 1 aromatic carbocycles. The Balaban J connectivity index is 2.04. The van der Waals surface area contributed by atoms with E-state index in [0.29, 0.717) is 0 Å². The molecule has 1 fully saturated rings. The van der Waals surface area contributed by atoms with Crippen molar-refractivity contribution in [3.63, 3.8) is 0 Å². The average Bonchev–Trinajstić information content (AvgIpc) is 2.74. The maximum atomic E-state index is 6.36. The lowest BCUT2D eigenvalue weighted by Crippen LogP contribution is -2.43. The van der Waals surface area contributed by atoms with Gasteiger partial charge >= 0.3 is 0 Å². The SMILES string of the molecule is Cc1cc(C)c(-c2csc(C3(N)CCC3)n2)c(C)c1. The minimum atomic E-state index is -0.143. The molecule has 1 saturated carbocycles. The van der Waals surface area contributed by atoms with Crippen LogP contribution in [0.2, 0.25) is 0 Å². The minimum Gasteiger partial charge on any atom is -0.319 e. The van der Waals surface area contributed by atoms with E-state index < -0.39 is 0 Å². The molecule has 19 heavy (non-hydrogen) atoms. The Morgan fingerprint density at radius 3 is 2.32 bits per heavy atom.